The first-order chi connectivity index (χ1) is 15.6. The molecule has 7 nitrogen and oxygen atoms in total. The maximum Gasteiger partial charge on any atom is 0.416 e. The molecule has 2 aromatic carbocycles. The van der Waals surface area contributed by atoms with Crippen molar-refractivity contribution in [1.29, 1.82) is 5.26 Å². The molecule has 2 aromatic rings. The minimum Gasteiger partial charge on any atom is -0.466 e. The van der Waals surface area contributed by atoms with Crippen LogP contribution >= 0.6 is 0 Å². The molecule has 1 unspecified atom stereocenters. The Hall–Kier alpha value is -4.26. The van der Waals surface area contributed by atoms with Crippen LogP contribution in [0, 0.1) is 11.3 Å². The van der Waals surface area contributed by atoms with Crippen molar-refractivity contribution >= 4 is 17.6 Å². The zero-order valence-corrected chi connectivity index (χ0v) is 17.5. The third-order valence-corrected chi connectivity index (χ3v) is 5.06. The third-order valence-electron chi connectivity index (χ3n) is 5.06. The highest BCUT2D eigenvalue weighted by Crippen LogP contribution is 2.43. The normalized spacial score (nSPS) is 16.4. The molecule has 0 radical (unpaired) electrons. The first kappa shape index (κ1) is 23.4. The molecule has 0 fully saturated rings. The number of methoxy groups -OCH3 is 2. The number of carbonyl (C=O) groups excluding carboxylic acids is 2. The topological polar surface area (TPSA) is 106 Å². The molecule has 170 valence electrons. The number of alkyl halides is 3. The summed E-state index contributed by atoms with van der Waals surface area (Å²) < 4.78 is 48.8. The average Bonchev–Trinajstić information content (AvgIpc) is 2.82. The van der Waals surface area contributed by atoms with Crippen LogP contribution in [0.25, 0.3) is 0 Å². The number of carbonyl (C=O) groups is 2. The fraction of sp³-hybridized carbons (Fsp3) is 0.174. The first-order valence-electron chi connectivity index (χ1n) is 9.48. The van der Waals surface area contributed by atoms with E-state index in [0.29, 0.717) is 5.56 Å². The lowest BCUT2D eigenvalue weighted by Crippen LogP contribution is -2.40. The van der Waals surface area contributed by atoms with Crippen LogP contribution in [0.5, 0.6) is 0 Å². The van der Waals surface area contributed by atoms with Gasteiger partial charge in [0.1, 0.15) is 11.5 Å². The van der Waals surface area contributed by atoms with E-state index in [1.165, 1.54) is 0 Å². The molecule has 1 aliphatic rings. The monoisotopic (exact) mass is 457 g/mol. The van der Waals surface area contributed by atoms with E-state index in [-0.39, 0.29) is 28.4 Å². The van der Waals surface area contributed by atoms with Crippen LogP contribution in [0.1, 0.15) is 17.0 Å². The van der Waals surface area contributed by atoms with Crippen LogP contribution in [-0.2, 0) is 25.2 Å². The molecule has 0 spiro atoms. The molecule has 1 heterocycles. The van der Waals surface area contributed by atoms with E-state index in [1.807, 2.05) is 6.07 Å². The van der Waals surface area contributed by atoms with Gasteiger partial charge in [-0.2, -0.15) is 18.4 Å². The van der Waals surface area contributed by atoms with E-state index in [0.717, 1.165) is 43.4 Å². The van der Waals surface area contributed by atoms with Crippen molar-refractivity contribution in [3.63, 3.8) is 0 Å². The second-order valence-corrected chi connectivity index (χ2v) is 6.88. The molecule has 1 atom stereocenters. The molecular formula is C23H18F3N3O4. The standard InChI is InChI=1S/C23H18F3N3O4/c1-32-21(30)18-17(13-6-4-3-5-7-13)16(12-27)20(28)29(19(18)22(31)33-2)15-10-8-14(9-11-15)23(24,25)26/h3-11,17H,28H2,1-2H3. The maximum atomic E-state index is 13.0. The highest BCUT2D eigenvalue weighted by molar-refractivity contribution is 6.06. The number of halogens is 3. The summed E-state index contributed by atoms with van der Waals surface area (Å²) in [5.41, 5.74) is 5.15. The first-order valence-corrected chi connectivity index (χ1v) is 9.48. The molecule has 10 heteroatoms. The Morgan fingerprint density at radius 3 is 2.06 bits per heavy atom. The highest BCUT2D eigenvalue weighted by atomic mass is 19.4. The van der Waals surface area contributed by atoms with E-state index >= 15 is 0 Å². The predicted molar refractivity (Wildman–Crippen MR) is 111 cm³/mol. The molecule has 0 aliphatic carbocycles. The van der Waals surface area contributed by atoms with Crippen molar-refractivity contribution in [3.8, 4) is 6.07 Å². The second-order valence-electron chi connectivity index (χ2n) is 6.88. The van der Waals surface area contributed by atoms with Gasteiger partial charge >= 0.3 is 18.1 Å². The van der Waals surface area contributed by atoms with Crippen molar-refractivity contribution in [2.75, 3.05) is 19.1 Å². The molecule has 0 saturated carbocycles. The van der Waals surface area contributed by atoms with E-state index in [9.17, 15) is 28.0 Å². The van der Waals surface area contributed by atoms with Gasteiger partial charge in [0.25, 0.3) is 0 Å². The van der Waals surface area contributed by atoms with Crippen LogP contribution in [0.15, 0.2) is 77.3 Å². The Kier molecular flexibility index (Phi) is 6.44. The number of allylic oxidation sites excluding steroid dienone is 1. The minimum atomic E-state index is -4.59. The molecular weight excluding hydrogens is 439 g/mol. The van der Waals surface area contributed by atoms with Gasteiger partial charge < -0.3 is 15.2 Å². The Balaban J connectivity index is 2.35. The highest BCUT2D eigenvalue weighted by Gasteiger charge is 2.43. The summed E-state index contributed by atoms with van der Waals surface area (Å²) in [6, 6.07) is 14.1. The molecule has 0 aromatic heterocycles. The van der Waals surface area contributed by atoms with E-state index in [4.69, 9.17) is 15.2 Å². The Bertz CT molecular complexity index is 1180. The largest absolute Gasteiger partial charge is 0.466 e. The predicted octanol–water partition coefficient (Wildman–Crippen LogP) is 3.60. The molecule has 2 N–H and O–H groups in total. The van der Waals surface area contributed by atoms with Gasteiger partial charge in [0, 0.05) is 5.69 Å². The zero-order valence-electron chi connectivity index (χ0n) is 17.5. The summed E-state index contributed by atoms with van der Waals surface area (Å²) in [7, 11) is 2.18. The average molecular weight is 457 g/mol. The van der Waals surface area contributed by atoms with Gasteiger partial charge in [-0.1, -0.05) is 30.3 Å². The lowest BCUT2D eigenvalue weighted by Gasteiger charge is -2.36. The number of esters is 2. The quantitative estimate of drug-likeness (QED) is 0.700. The molecule has 33 heavy (non-hydrogen) atoms. The van der Waals surface area contributed by atoms with Gasteiger partial charge in [-0.15, -0.1) is 0 Å². The number of nitrogens with two attached hydrogens (primary N) is 1. The number of anilines is 1. The maximum absolute atomic E-state index is 13.0. The Morgan fingerprint density at radius 2 is 1.58 bits per heavy atom. The van der Waals surface area contributed by atoms with Gasteiger partial charge in [0.05, 0.1) is 42.9 Å². The van der Waals surface area contributed by atoms with Crippen molar-refractivity contribution in [2.45, 2.75) is 12.1 Å². The van der Waals surface area contributed by atoms with Crippen molar-refractivity contribution in [1.82, 2.24) is 0 Å². The van der Waals surface area contributed by atoms with Crippen molar-refractivity contribution in [3.05, 3.63) is 88.4 Å². The van der Waals surface area contributed by atoms with Gasteiger partial charge in [-0.05, 0) is 29.8 Å². The number of hydrogen-bond acceptors (Lipinski definition) is 7. The van der Waals surface area contributed by atoms with Gasteiger partial charge in [-0.3, -0.25) is 4.90 Å². The third kappa shape index (κ3) is 4.25. The number of rotatable bonds is 4. The molecule has 1 aliphatic heterocycles. The van der Waals surface area contributed by atoms with E-state index in [1.54, 1.807) is 30.3 Å². The number of ether oxygens (including phenoxy) is 2. The lowest BCUT2D eigenvalue weighted by molar-refractivity contribution is -0.139. The fourth-order valence-corrected chi connectivity index (χ4v) is 3.58. The van der Waals surface area contributed by atoms with Gasteiger partial charge in [-0.25, -0.2) is 9.59 Å². The number of benzene rings is 2. The van der Waals surface area contributed by atoms with Crippen LogP contribution in [0.3, 0.4) is 0 Å². The number of nitrogens with zero attached hydrogens (tertiary/aromatic N) is 2. The van der Waals surface area contributed by atoms with E-state index in [2.05, 4.69) is 0 Å². The second kappa shape index (κ2) is 9.08. The van der Waals surface area contributed by atoms with Gasteiger partial charge in [0.2, 0.25) is 0 Å². The van der Waals surface area contributed by atoms with Crippen LogP contribution in [0.4, 0.5) is 18.9 Å². The molecule has 0 amide bonds. The summed E-state index contributed by atoms with van der Waals surface area (Å²) in [6.07, 6.45) is -4.59. The van der Waals surface area contributed by atoms with Crippen LogP contribution in [-0.4, -0.2) is 26.2 Å². The summed E-state index contributed by atoms with van der Waals surface area (Å²) in [5.74, 6) is -3.22. The SMILES string of the molecule is COC(=O)C1=C(C(=O)OC)N(c2ccc(C(F)(F)F)cc2)C(N)=C(C#N)C1c1ccccc1. The Labute approximate surface area is 187 Å². The molecule has 0 bridgehead atoms. The smallest absolute Gasteiger partial charge is 0.416 e. The Morgan fingerprint density at radius 1 is 1.00 bits per heavy atom. The van der Waals surface area contributed by atoms with Crippen LogP contribution < -0.4 is 10.6 Å². The molecule has 3 rings (SSSR count). The lowest BCUT2D eigenvalue weighted by atomic mass is 9.81. The van der Waals surface area contributed by atoms with Crippen molar-refractivity contribution < 1.29 is 32.2 Å². The minimum absolute atomic E-state index is 0.0153. The number of nitriles is 1. The number of hydrogen-bond donors (Lipinski definition) is 1. The fourth-order valence-electron chi connectivity index (χ4n) is 3.58. The van der Waals surface area contributed by atoms with Crippen molar-refractivity contribution in [2.24, 2.45) is 5.73 Å². The zero-order chi connectivity index (χ0) is 24.3. The molecule has 0 saturated heterocycles. The van der Waals surface area contributed by atoms with Gasteiger partial charge in [0.15, 0.2) is 0 Å². The van der Waals surface area contributed by atoms with Crippen LogP contribution in [0.2, 0.25) is 0 Å². The summed E-state index contributed by atoms with van der Waals surface area (Å²) >= 11 is 0. The van der Waals surface area contributed by atoms with E-state index < -0.39 is 29.6 Å². The summed E-state index contributed by atoms with van der Waals surface area (Å²) in [6.45, 7) is 0. The summed E-state index contributed by atoms with van der Waals surface area (Å²) in [5, 5.41) is 9.91. The summed E-state index contributed by atoms with van der Waals surface area (Å²) in [4.78, 5) is 26.8.